The van der Waals surface area contributed by atoms with E-state index in [1.165, 1.54) is 39.0 Å². The standard InChI is InChI=1S/C40H56O2.C11H12N2O2.C6H12O6/c1-29(17-13-19-31(3)21-23-37-33(5)25-35(41)27-39(37,7)8)15-11-12-16-30(2)18-14-20-32(4)22-24-38-34(6)26-36(42)28-40(38,9)10;12-9(11(14)15)5-7-6-13-10-4-2-1-3-8(7)10;7-1-3(9)5(11)6(12)4(10)2-8/h11-25,35-37,41-42H,26-28H2,1-10H3;1-4,6,9,13H,5,12H2,(H,14,15);1,3-6,8-12H,2H2/b12-11+,17-13+,18-14+,23-21+,24-22+,29-15+,30-16+,31-19+,32-20+;;/t35-,36+,37-;;3-,4+,5+,6+/m0.0/s1. The number of allylic oxidation sites excluding steroid dienone is 20. The first kappa shape index (κ1) is 59.8. The average molecular weight is 953 g/mol. The first-order chi connectivity index (χ1) is 32.3. The van der Waals surface area contributed by atoms with Crippen molar-refractivity contribution in [2.24, 2.45) is 22.5 Å². The lowest BCUT2D eigenvalue weighted by atomic mass is 9.67. The molecule has 11 N–H and O–H groups in total. The van der Waals surface area contributed by atoms with Crippen molar-refractivity contribution >= 4 is 23.2 Å². The van der Waals surface area contributed by atoms with Crippen LogP contribution in [-0.4, -0.2) is 107 Å². The van der Waals surface area contributed by atoms with Gasteiger partial charge in [0.1, 0.15) is 30.5 Å². The number of carbonyl (C=O) groups excluding carboxylic acids is 1. The van der Waals surface area contributed by atoms with Crippen LogP contribution in [0.3, 0.4) is 0 Å². The Labute approximate surface area is 410 Å². The molecule has 1 aromatic heterocycles. The van der Waals surface area contributed by atoms with Crippen molar-refractivity contribution in [3.8, 4) is 0 Å². The SMILES string of the molecule is CC1=C[C@H](O)CC(C)(C)[C@H]1/C=C/C(C)=C/C=C/C(C)=C/C=C/C=C(C)/C=C/C=C(C)/C=C/C1=C(C)C[C@@H](O)CC1(C)C.NC(Cc1c[nH]c2ccccc12)C(=O)O.O=C[C@H](O)[C@@H](O)[C@H](O)[C@H](O)CO. The van der Waals surface area contributed by atoms with Gasteiger partial charge in [-0.1, -0.05) is 170 Å². The molecule has 1 aromatic carbocycles. The highest BCUT2D eigenvalue weighted by atomic mass is 16.4. The Balaban J connectivity index is 0.000000486. The number of para-hydroxylation sites is 1. The number of rotatable bonds is 18. The molecule has 12 heteroatoms. The number of aliphatic carboxylic acids is 1. The van der Waals surface area contributed by atoms with Gasteiger partial charge in [-0.05, 0) is 88.8 Å². The maximum atomic E-state index is 10.6. The molecule has 8 atom stereocenters. The predicted octanol–water partition coefficient (Wildman–Crippen LogP) is 8.15. The van der Waals surface area contributed by atoms with Crippen LogP contribution in [0.1, 0.15) is 94.1 Å². The van der Waals surface area contributed by atoms with Crippen LogP contribution in [0.2, 0.25) is 0 Å². The number of carboxylic acid groups (broad SMARTS) is 1. The third-order valence-electron chi connectivity index (χ3n) is 12.2. The highest BCUT2D eigenvalue weighted by Gasteiger charge is 2.35. The van der Waals surface area contributed by atoms with Crippen molar-refractivity contribution in [2.45, 2.75) is 138 Å². The number of carbonyl (C=O) groups is 2. The molecule has 1 unspecified atom stereocenters. The van der Waals surface area contributed by atoms with Gasteiger partial charge < -0.3 is 56.4 Å². The maximum Gasteiger partial charge on any atom is 0.320 e. The van der Waals surface area contributed by atoms with Crippen molar-refractivity contribution in [3.05, 3.63) is 166 Å². The summed E-state index contributed by atoms with van der Waals surface area (Å²) in [5.41, 5.74) is 16.2. The number of aldehydes is 1. The minimum Gasteiger partial charge on any atom is -0.480 e. The maximum absolute atomic E-state index is 10.6. The summed E-state index contributed by atoms with van der Waals surface area (Å²) in [6.07, 6.45) is 29.1. The monoisotopic (exact) mass is 953 g/mol. The number of fused-ring (bicyclic) bond motifs is 1. The second kappa shape index (κ2) is 29.0. The molecule has 69 heavy (non-hydrogen) atoms. The molecule has 2 aromatic rings. The summed E-state index contributed by atoms with van der Waals surface area (Å²) in [5.74, 6) is -0.624. The number of aromatic nitrogens is 1. The van der Waals surface area contributed by atoms with Crippen LogP contribution in [0.25, 0.3) is 10.9 Å². The number of hydrogen-bond donors (Lipinski definition) is 10. The van der Waals surface area contributed by atoms with E-state index in [-0.39, 0.29) is 29.3 Å². The highest BCUT2D eigenvalue weighted by Crippen LogP contribution is 2.42. The van der Waals surface area contributed by atoms with E-state index in [4.69, 9.17) is 36.4 Å². The quantitative estimate of drug-likeness (QED) is 0.0389. The zero-order chi connectivity index (χ0) is 52.1. The molecule has 0 aliphatic heterocycles. The fraction of sp³-hybridized carbons (Fsp3) is 0.439. The second-order valence-electron chi connectivity index (χ2n) is 19.6. The number of benzene rings is 1. The number of nitrogens with two attached hydrogens (primary N) is 1. The molecule has 0 saturated heterocycles. The van der Waals surface area contributed by atoms with Gasteiger partial charge in [-0.2, -0.15) is 0 Å². The van der Waals surface area contributed by atoms with Crippen molar-refractivity contribution in [1.82, 2.24) is 4.98 Å². The Kier molecular flexibility index (Phi) is 25.2. The van der Waals surface area contributed by atoms with Crippen LogP contribution in [-0.2, 0) is 16.0 Å². The zero-order valence-corrected chi connectivity index (χ0v) is 42.3. The van der Waals surface area contributed by atoms with E-state index in [2.05, 4.69) is 159 Å². The molecule has 0 bridgehead atoms. The van der Waals surface area contributed by atoms with Gasteiger partial charge in [-0.25, -0.2) is 0 Å². The third kappa shape index (κ3) is 20.7. The van der Waals surface area contributed by atoms with Gasteiger partial charge in [-0.3, -0.25) is 4.79 Å². The Morgan fingerprint density at radius 3 is 1.90 bits per heavy atom. The zero-order valence-electron chi connectivity index (χ0n) is 42.3. The fourth-order valence-electron chi connectivity index (χ4n) is 8.39. The largest absolute Gasteiger partial charge is 0.480 e. The van der Waals surface area contributed by atoms with E-state index < -0.39 is 43.0 Å². The van der Waals surface area contributed by atoms with Gasteiger partial charge >= 0.3 is 5.97 Å². The molecule has 0 amide bonds. The van der Waals surface area contributed by atoms with E-state index in [9.17, 15) is 19.8 Å². The summed E-state index contributed by atoms with van der Waals surface area (Å²) in [7, 11) is 0. The minimum atomic E-state index is -1.79. The molecule has 0 saturated carbocycles. The molecule has 1 heterocycles. The first-order valence-corrected chi connectivity index (χ1v) is 23.5. The molecular weight excluding hydrogens is 873 g/mol. The predicted molar refractivity (Wildman–Crippen MR) is 279 cm³/mol. The Morgan fingerprint density at radius 2 is 1.36 bits per heavy atom. The van der Waals surface area contributed by atoms with E-state index in [1.807, 2.05) is 36.5 Å². The first-order valence-electron chi connectivity index (χ1n) is 23.5. The number of aliphatic hydroxyl groups excluding tert-OH is 7. The van der Waals surface area contributed by atoms with Crippen LogP contribution in [0.5, 0.6) is 0 Å². The number of H-pyrrole nitrogens is 1. The van der Waals surface area contributed by atoms with Crippen LogP contribution >= 0.6 is 0 Å². The van der Waals surface area contributed by atoms with Crippen LogP contribution in [0.4, 0.5) is 0 Å². The molecule has 0 radical (unpaired) electrons. The van der Waals surface area contributed by atoms with Gasteiger partial charge in [0.25, 0.3) is 0 Å². The van der Waals surface area contributed by atoms with E-state index in [1.54, 1.807) is 0 Å². The number of carboxylic acids is 1. The topological polar surface area (TPSA) is 238 Å². The highest BCUT2D eigenvalue weighted by molar-refractivity contribution is 5.84. The van der Waals surface area contributed by atoms with Gasteiger partial charge in [0, 0.05) is 29.4 Å². The molecule has 0 spiro atoms. The molecular formula is C57H80N2O10. The van der Waals surface area contributed by atoms with E-state index in [0.717, 1.165) is 35.7 Å². The van der Waals surface area contributed by atoms with Crippen molar-refractivity contribution in [3.63, 3.8) is 0 Å². The molecule has 4 rings (SSSR count). The second-order valence-corrected chi connectivity index (χ2v) is 19.6. The molecule has 2 aliphatic rings. The lowest BCUT2D eigenvalue weighted by Gasteiger charge is -2.38. The van der Waals surface area contributed by atoms with Gasteiger partial charge in [0.05, 0.1) is 18.8 Å². The van der Waals surface area contributed by atoms with Gasteiger partial charge in [0.2, 0.25) is 0 Å². The third-order valence-corrected chi connectivity index (χ3v) is 12.2. The van der Waals surface area contributed by atoms with Gasteiger partial charge in [0.15, 0.2) is 6.29 Å². The average Bonchev–Trinajstić information content (AvgIpc) is 3.68. The van der Waals surface area contributed by atoms with E-state index >= 15 is 0 Å². The summed E-state index contributed by atoms with van der Waals surface area (Å²) >= 11 is 0. The normalized spacial score (nSPS) is 22.6. The summed E-state index contributed by atoms with van der Waals surface area (Å²) in [4.78, 5) is 23.6. The molecule has 378 valence electrons. The van der Waals surface area contributed by atoms with Crippen LogP contribution in [0.15, 0.2) is 161 Å². The molecule has 0 fully saturated rings. The van der Waals surface area contributed by atoms with Crippen molar-refractivity contribution < 1.29 is 50.4 Å². The number of nitrogens with one attached hydrogen (secondary N) is 1. The van der Waals surface area contributed by atoms with Gasteiger partial charge in [-0.15, -0.1) is 0 Å². The summed E-state index contributed by atoms with van der Waals surface area (Å²) < 4.78 is 0. The van der Waals surface area contributed by atoms with Crippen molar-refractivity contribution in [1.29, 1.82) is 0 Å². The lowest BCUT2D eigenvalue weighted by molar-refractivity contribution is -0.138. The number of aliphatic hydroxyl groups is 7. The fourth-order valence-corrected chi connectivity index (χ4v) is 8.39. The Morgan fingerprint density at radius 1 is 0.812 bits per heavy atom. The van der Waals surface area contributed by atoms with Crippen molar-refractivity contribution in [2.75, 3.05) is 6.61 Å². The molecule has 2 aliphatic carbocycles. The number of aromatic amines is 1. The summed E-state index contributed by atoms with van der Waals surface area (Å²) in [6, 6.07) is 6.91. The minimum absolute atomic E-state index is 0.00528. The lowest BCUT2D eigenvalue weighted by Crippen LogP contribution is -2.46. The van der Waals surface area contributed by atoms with Crippen LogP contribution in [0, 0.1) is 16.7 Å². The Bertz CT molecular complexity index is 2330. The molecule has 12 nitrogen and oxygen atoms in total. The van der Waals surface area contributed by atoms with Crippen LogP contribution < -0.4 is 5.73 Å². The van der Waals surface area contributed by atoms with E-state index in [0.29, 0.717) is 12.3 Å². The summed E-state index contributed by atoms with van der Waals surface area (Å²) in [5, 5.41) is 73.5. The number of hydrogen-bond acceptors (Lipinski definition) is 10. The Hall–Kier alpha value is -5.28. The summed E-state index contributed by atoms with van der Waals surface area (Å²) in [6.45, 7) is 20.9. The smallest absolute Gasteiger partial charge is 0.320 e.